The maximum absolute atomic E-state index is 12.3. The lowest BCUT2D eigenvalue weighted by molar-refractivity contribution is -0.142. The molecule has 0 aromatic rings. The largest absolute Gasteiger partial charge is 0.481 e. The summed E-state index contributed by atoms with van der Waals surface area (Å²) >= 11 is 0. The van der Waals surface area contributed by atoms with Crippen molar-refractivity contribution in [1.29, 1.82) is 0 Å². The maximum atomic E-state index is 12.3. The molecule has 31 heavy (non-hydrogen) atoms. The van der Waals surface area contributed by atoms with Gasteiger partial charge >= 0.3 is 11.9 Å². The number of aliphatic carboxylic acids is 2. The van der Waals surface area contributed by atoms with Crippen molar-refractivity contribution in [2.45, 2.75) is 56.7 Å². The molecule has 0 saturated carbocycles. The molecule has 3 unspecified atom stereocenters. The van der Waals surface area contributed by atoms with Crippen LogP contribution in [0.5, 0.6) is 0 Å². The van der Waals surface area contributed by atoms with E-state index in [4.69, 9.17) is 27.4 Å². The average Bonchev–Trinajstić information content (AvgIpc) is 2.67. The van der Waals surface area contributed by atoms with Gasteiger partial charge in [0.1, 0.15) is 12.1 Å². The summed E-state index contributed by atoms with van der Waals surface area (Å²) in [6.07, 6.45) is -0.0514. The number of nitrogens with one attached hydrogen (secondary N) is 3. The van der Waals surface area contributed by atoms with Crippen LogP contribution < -0.4 is 33.2 Å². The predicted molar refractivity (Wildman–Crippen MR) is 106 cm³/mol. The van der Waals surface area contributed by atoms with E-state index in [0.717, 1.165) is 0 Å². The minimum Gasteiger partial charge on any atom is -0.481 e. The van der Waals surface area contributed by atoms with E-state index in [1.807, 2.05) is 0 Å². The minimum absolute atomic E-state index is 0.154. The molecule has 14 nitrogen and oxygen atoms in total. The summed E-state index contributed by atoms with van der Waals surface area (Å²) in [6, 6.07) is -3.86. The van der Waals surface area contributed by atoms with Gasteiger partial charge in [-0.15, -0.1) is 0 Å². The third kappa shape index (κ3) is 12.8. The molecule has 0 rings (SSSR count). The Morgan fingerprint density at radius 3 is 2.03 bits per heavy atom. The number of hydrogen-bond acceptors (Lipinski definition) is 8. The lowest BCUT2D eigenvalue weighted by Crippen LogP contribution is -2.54. The van der Waals surface area contributed by atoms with E-state index in [0.29, 0.717) is 19.4 Å². The maximum Gasteiger partial charge on any atom is 0.326 e. The van der Waals surface area contributed by atoms with Crippen LogP contribution in [0.1, 0.15) is 38.5 Å². The Labute approximate surface area is 178 Å². The Hall–Kier alpha value is -3.26. The van der Waals surface area contributed by atoms with Crippen LogP contribution in [0.3, 0.4) is 0 Å². The molecular weight excluding hydrogens is 416 g/mol. The highest BCUT2D eigenvalue weighted by Crippen LogP contribution is 2.02. The Kier molecular flexibility index (Phi) is 13.1. The summed E-state index contributed by atoms with van der Waals surface area (Å²) in [4.78, 5) is 69.1. The molecule has 0 saturated heterocycles. The molecule has 3 atom stereocenters. The number of carbonyl (C=O) groups excluding carboxylic acids is 4. The number of rotatable bonds is 16. The van der Waals surface area contributed by atoms with E-state index in [1.165, 1.54) is 0 Å². The van der Waals surface area contributed by atoms with Gasteiger partial charge in [0.15, 0.2) is 0 Å². The molecule has 11 N–H and O–H groups in total. The number of carbonyl (C=O) groups is 6. The van der Waals surface area contributed by atoms with Crippen LogP contribution in [-0.2, 0) is 28.8 Å². The third-order valence-corrected chi connectivity index (χ3v) is 4.04. The average molecular weight is 446 g/mol. The molecule has 0 spiro atoms. The fourth-order valence-electron chi connectivity index (χ4n) is 2.41. The zero-order valence-corrected chi connectivity index (χ0v) is 17.0. The normalized spacial score (nSPS) is 13.4. The fourth-order valence-corrected chi connectivity index (χ4v) is 2.41. The molecule has 0 aliphatic carbocycles. The Bertz CT molecular complexity index is 671. The Morgan fingerprint density at radius 1 is 0.871 bits per heavy atom. The predicted octanol–water partition coefficient (Wildman–Crippen LogP) is -3.65. The SMILES string of the molecule is NCCCCC(NC(=O)CNC(=O)C(CCC(=O)O)NC(=O)C(N)CC(N)=O)C(=O)O. The first-order valence-electron chi connectivity index (χ1n) is 9.53. The molecule has 14 heteroatoms. The monoisotopic (exact) mass is 446 g/mol. The van der Waals surface area contributed by atoms with Gasteiger partial charge in [0, 0.05) is 6.42 Å². The van der Waals surface area contributed by atoms with Crippen LogP contribution in [-0.4, -0.2) is 77.0 Å². The highest BCUT2D eigenvalue weighted by molar-refractivity contribution is 5.94. The van der Waals surface area contributed by atoms with Gasteiger partial charge in [0.2, 0.25) is 23.6 Å². The molecule has 176 valence electrons. The van der Waals surface area contributed by atoms with Crippen LogP contribution in [0.4, 0.5) is 0 Å². The highest BCUT2D eigenvalue weighted by Gasteiger charge is 2.26. The molecular formula is C17H30N6O8. The number of amides is 4. The summed E-state index contributed by atoms with van der Waals surface area (Å²) in [5, 5.41) is 24.6. The molecule has 0 aromatic heterocycles. The number of carboxylic acid groups (broad SMARTS) is 2. The number of primary amides is 1. The molecule has 0 radical (unpaired) electrons. The van der Waals surface area contributed by atoms with Crippen LogP contribution in [0, 0.1) is 0 Å². The van der Waals surface area contributed by atoms with Crippen molar-refractivity contribution in [2.24, 2.45) is 17.2 Å². The van der Waals surface area contributed by atoms with E-state index in [9.17, 15) is 28.8 Å². The van der Waals surface area contributed by atoms with Crippen LogP contribution in [0.25, 0.3) is 0 Å². The van der Waals surface area contributed by atoms with E-state index in [-0.39, 0.29) is 12.8 Å². The number of unbranched alkanes of at least 4 members (excludes halogenated alkanes) is 1. The van der Waals surface area contributed by atoms with Crippen molar-refractivity contribution in [2.75, 3.05) is 13.1 Å². The van der Waals surface area contributed by atoms with Crippen LogP contribution >= 0.6 is 0 Å². The number of carboxylic acids is 2. The van der Waals surface area contributed by atoms with Gasteiger partial charge in [0.25, 0.3) is 0 Å². The summed E-state index contributed by atoms with van der Waals surface area (Å²) < 4.78 is 0. The van der Waals surface area contributed by atoms with Gasteiger partial charge in [0.05, 0.1) is 19.0 Å². The third-order valence-electron chi connectivity index (χ3n) is 4.04. The summed E-state index contributed by atoms with van der Waals surface area (Å²) in [5.41, 5.74) is 15.8. The standard InChI is InChI=1S/C17H30N6O8/c18-6-2-1-3-11(17(30)31)22-13(25)8-21-16(29)10(4-5-14(26)27)23-15(28)9(19)7-12(20)24/h9-11H,1-8,18-19H2,(H2,20,24)(H,21,29)(H,22,25)(H,23,28)(H,26,27)(H,30,31). The van der Waals surface area contributed by atoms with E-state index in [2.05, 4.69) is 16.0 Å². The number of hydrogen-bond donors (Lipinski definition) is 8. The van der Waals surface area contributed by atoms with Crippen molar-refractivity contribution in [3.63, 3.8) is 0 Å². The second kappa shape index (κ2) is 14.7. The molecule has 4 amide bonds. The lowest BCUT2D eigenvalue weighted by Gasteiger charge is -2.20. The van der Waals surface area contributed by atoms with Gasteiger partial charge in [-0.05, 0) is 32.2 Å². The minimum atomic E-state index is -1.35. The lowest BCUT2D eigenvalue weighted by atomic mass is 10.1. The fraction of sp³-hybridized carbons (Fsp3) is 0.647. The molecule has 0 heterocycles. The van der Waals surface area contributed by atoms with Crippen molar-refractivity contribution in [1.82, 2.24) is 16.0 Å². The van der Waals surface area contributed by atoms with E-state index < -0.39 is 73.1 Å². The van der Waals surface area contributed by atoms with Crippen LogP contribution in [0.2, 0.25) is 0 Å². The Balaban J connectivity index is 4.86. The molecule has 0 aromatic carbocycles. The summed E-state index contributed by atoms with van der Waals surface area (Å²) in [7, 11) is 0. The first-order chi connectivity index (χ1) is 14.5. The van der Waals surface area contributed by atoms with Gasteiger partial charge in [-0.1, -0.05) is 0 Å². The zero-order chi connectivity index (χ0) is 24.0. The van der Waals surface area contributed by atoms with Crippen molar-refractivity contribution < 1.29 is 39.0 Å². The molecule has 0 aliphatic heterocycles. The van der Waals surface area contributed by atoms with Crippen molar-refractivity contribution >= 4 is 35.6 Å². The second-order valence-electron chi connectivity index (χ2n) is 6.73. The number of nitrogens with two attached hydrogens (primary N) is 3. The second-order valence-corrected chi connectivity index (χ2v) is 6.73. The smallest absolute Gasteiger partial charge is 0.326 e. The zero-order valence-electron chi connectivity index (χ0n) is 17.0. The molecule has 0 bridgehead atoms. The molecule has 0 fully saturated rings. The first-order valence-corrected chi connectivity index (χ1v) is 9.53. The highest BCUT2D eigenvalue weighted by atomic mass is 16.4. The van der Waals surface area contributed by atoms with Gasteiger partial charge in [-0.3, -0.25) is 24.0 Å². The van der Waals surface area contributed by atoms with Crippen molar-refractivity contribution in [3.8, 4) is 0 Å². The van der Waals surface area contributed by atoms with Gasteiger partial charge in [-0.25, -0.2) is 4.79 Å². The summed E-state index contributed by atoms with van der Waals surface area (Å²) in [5.74, 6) is -5.89. The quantitative estimate of drug-likeness (QED) is 0.108. The van der Waals surface area contributed by atoms with E-state index >= 15 is 0 Å². The van der Waals surface area contributed by atoms with Crippen molar-refractivity contribution in [3.05, 3.63) is 0 Å². The topological polar surface area (TPSA) is 257 Å². The van der Waals surface area contributed by atoms with Crippen LogP contribution in [0.15, 0.2) is 0 Å². The Morgan fingerprint density at radius 2 is 1.52 bits per heavy atom. The first kappa shape index (κ1) is 27.7. The van der Waals surface area contributed by atoms with Gasteiger partial charge < -0.3 is 43.4 Å². The summed E-state index contributed by atoms with van der Waals surface area (Å²) in [6.45, 7) is -0.227. The van der Waals surface area contributed by atoms with E-state index in [1.54, 1.807) is 0 Å². The molecule has 0 aliphatic rings. The van der Waals surface area contributed by atoms with Gasteiger partial charge in [-0.2, -0.15) is 0 Å².